The predicted octanol–water partition coefficient (Wildman–Crippen LogP) is 6.62. The van der Waals surface area contributed by atoms with Crippen molar-refractivity contribution in [3.05, 3.63) is 89.6 Å². The number of aliphatic imine (C=N–C) groups is 1. The highest BCUT2D eigenvalue weighted by atomic mass is 19.3. The number of nitrogens with one attached hydrogen (secondary N) is 1. The topological polar surface area (TPSA) is 57.2 Å². The number of rotatable bonds is 9. The molecule has 37 heavy (non-hydrogen) atoms. The van der Waals surface area contributed by atoms with Crippen LogP contribution in [-0.2, 0) is 0 Å². The van der Waals surface area contributed by atoms with Gasteiger partial charge in [0.2, 0.25) is 0 Å². The fourth-order valence-electron chi connectivity index (χ4n) is 4.62. The summed E-state index contributed by atoms with van der Waals surface area (Å²) in [5.74, 6) is -2.48. The Bertz CT molecular complexity index is 1330. The van der Waals surface area contributed by atoms with E-state index in [4.69, 9.17) is 9.98 Å². The molecule has 0 bridgehead atoms. The van der Waals surface area contributed by atoms with Crippen LogP contribution in [-0.4, -0.2) is 57.7 Å². The van der Waals surface area contributed by atoms with Crippen molar-refractivity contribution in [2.45, 2.75) is 40.0 Å². The summed E-state index contributed by atoms with van der Waals surface area (Å²) in [6.45, 7) is 13.3. The van der Waals surface area contributed by atoms with Crippen molar-refractivity contribution in [2.24, 2.45) is 10.9 Å². The molecule has 5 nitrogen and oxygen atoms in total. The van der Waals surface area contributed by atoms with Gasteiger partial charge in [-0.25, -0.2) is 18.7 Å². The number of aromatic nitrogens is 3. The second kappa shape index (κ2) is 11.3. The third-order valence-electron chi connectivity index (χ3n) is 6.52. The zero-order valence-electron chi connectivity index (χ0n) is 22.1. The maximum Gasteiger partial charge on any atom is 0.261 e. The molecular formula is C30H35F2N5. The van der Waals surface area contributed by atoms with Gasteiger partial charge in [0.15, 0.2) is 0 Å². The summed E-state index contributed by atoms with van der Waals surface area (Å²) >= 11 is 0. The van der Waals surface area contributed by atoms with Crippen molar-refractivity contribution in [3.8, 4) is 0 Å². The number of hydrogen-bond acceptors (Lipinski definition) is 4. The Labute approximate surface area is 217 Å². The lowest BCUT2D eigenvalue weighted by molar-refractivity contribution is 0.0131. The van der Waals surface area contributed by atoms with E-state index in [1.807, 2.05) is 49.9 Å². The molecule has 1 N–H and O–H groups in total. The number of nitrogens with zero attached hydrogens (tertiary/aromatic N) is 4. The maximum absolute atomic E-state index is 13.7. The first-order chi connectivity index (χ1) is 17.7. The average molecular weight is 504 g/mol. The van der Waals surface area contributed by atoms with Gasteiger partial charge in [-0.1, -0.05) is 36.8 Å². The average Bonchev–Trinajstić information content (AvgIpc) is 3.44. The first-order valence-corrected chi connectivity index (χ1v) is 12.8. The van der Waals surface area contributed by atoms with Crippen LogP contribution in [0.2, 0.25) is 0 Å². The highest BCUT2D eigenvalue weighted by Crippen LogP contribution is 2.28. The van der Waals surface area contributed by atoms with Crippen molar-refractivity contribution in [1.82, 2.24) is 19.9 Å². The van der Waals surface area contributed by atoms with E-state index in [0.717, 1.165) is 50.5 Å². The van der Waals surface area contributed by atoms with E-state index in [1.165, 1.54) is 0 Å². The smallest absolute Gasteiger partial charge is 0.261 e. The fraction of sp³-hybridized carbons (Fsp3) is 0.367. The molecule has 0 spiro atoms. The van der Waals surface area contributed by atoms with Crippen molar-refractivity contribution in [1.29, 1.82) is 0 Å². The minimum Gasteiger partial charge on any atom is -0.338 e. The highest BCUT2D eigenvalue weighted by molar-refractivity contribution is 6.13. The maximum atomic E-state index is 13.7. The zero-order chi connectivity index (χ0) is 26.6. The highest BCUT2D eigenvalue weighted by Gasteiger charge is 2.37. The van der Waals surface area contributed by atoms with E-state index >= 15 is 0 Å². The number of pyridine rings is 2. The Balaban J connectivity index is 1.72. The van der Waals surface area contributed by atoms with Gasteiger partial charge in [0.25, 0.3) is 5.92 Å². The molecule has 0 radical (unpaired) electrons. The second-order valence-electron chi connectivity index (χ2n) is 9.83. The lowest BCUT2D eigenvalue weighted by Gasteiger charge is -2.17. The van der Waals surface area contributed by atoms with E-state index in [2.05, 4.69) is 47.8 Å². The summed E-state index contributed by atoms with van der Waals surface area (Å²) in [7, 11) is 0. The normalized spacial score (nSPS) is 17.9. The van der Waals surface area contributed by atoms with Gasteiger partial charge in [0.1, 0.15) is 11.4 Å². The number of allylic oxidation sites excluding steroid dienone is 4. The van der Waals surface area contributed by atoms with Crippen LogP contribution in [0.25, 0.3) is 16.6 Å². The molecular weight excluding hydrogens is 468 g/mol. The number of halogens is 2. The van der Waals surface area contributed by atoms with Gasteiger partial charge in [-0.3, -0.25) is 9.89 Å². The molecule has 7 heteroatoms. The minimum absolute atomic E-state index is 0.0812. The largest absolute Gasteiger partial charge is 0.338 e. The number of hydrogen-bond donors (Lipinski definition) is 1. The first-order valence-electron chi connectivity index (χ1n) is 12.8. The fourth-order valence-corrected chi connectivity index (χ4v) is 4.62. The summed E-state index contributed by atoms with van der Waals surface area (Å²) in [6.07, 6.45) is 7.73. The van der Waals surface area contributed by atoms with Crippen LogP contribution >= 0.6 is 0 Å². The van der Waals surface area contributed by atoms with Crippen molar-refractivity contribution < 1.29 is 8.78 Å². The molecule has 0 aliphatic carbocycles. The molecule has 0 aromatic carbocycles. The minimum atomic E-state index is -2.60. The summed E-state index contributed by atoms with van der Waals surface area (Å²) in [5.41, 5.74) is 7.03. The third-order valence-corrected chi connectivity index (χ3v) is 6.52. The molecule has 3 aromatic rings. The molecule has 0 amide bonds. The van der Waals surface area contributed by atoms with Gasteiger partial charge in [0, 0.05) is 37.6 Å². The Morgan fingerprint density at radius 3 is 2.81 bits per heavy atom. The van der Waals surface area contributed by atoms with Crippen LogP contribution < -0.4 is 0 Å². The number of H-pyrrole nitrogens is 1. The monoisotopic (exact) mass is 503 g/mol. The van der Waals surface area contributed by atoms with E-state index in [-0.39, 0.29) is 18.9 Å². The Morgan fingerprint density at radius 2 is 2.14 bits per heavy atom. The molecule has 1 saturated heterocycles. The Kier molecular flexibility index (Phi) is 8.13. The molecule has 0 saturated carbocycles. The molecule has 194 valence electrons. The molecule has 3 aromatic heterocycles. The Hall–Kier alpha value is -3.45. The van der Waals surface area contributed by atoms with Crippen LogP contribution in [0, 0.1) is 12.8 Å². The Morgan fingerprint density at radius 1 is 1.32 bits per heavy atom. The van der Waals surface area contributed by atoms with Crippen molar-refractivity contribution in [3.63, 3.8) is 0 Å². The molecule has 1 aliphatic rings. The van der Waals surface area contributed by atoms with Crippen LogP contribution in [0.1, 0.15) is 49.8 Å². The number of aryl methyl sites for hydroxylation is 1. The molecule has 1 atom stereocenters. The van der Waals surface area contributed by atoms with Crippen molar-refractivity contribution in [2.75, 3.05) is 26.2 Å². The van der Waals surface area contributed by atoms with Crippen LogP contribution in [0.4, 0.5) is 8.78 Å². The van der Waals surface area contributed by atoms with E-state index in [1.54, 1.807) is 6.20 Å². The van der Waals surface area contributed by atoms with Gasteiger partial charge in [0.05, 0.1) is 23.6 Å². The van der Waals surface area contributed by atoms with Crippen LogP contribution in [0.15, 0.2) is 71.9 Å². The number of fused-ring (bicyclic) bond motifs is 1. The summed E-state index contributed by atoms with van der Waals surface area (Å²) in [5, 5.41) is 1.02. The predicted molar refractivity (Wildman–Crippen MR) is 148 cm³/mol. The summed E-state index contributed by atoms with van der Waals surface area (Å²) in [6, 6.07) is 10.0. The molecule has 0 unspecified atom stereocenters. The number of aromatic amines is 1. The van der Waals surface area contributed by atoms with Gasteiger partial charge < -0.3 is 4.98 Å². The summed E-state index contributed by atoms with van der Waals surface area (Å²) in [4.78, 5) is 19.5. The SMILES string of the molecule is C=C[C@H](C)/C=C(\C=C(/C)CN1CCC(F)(F)C1)c1ccc(C)c(C(=NCC)c2cc3cccnc3[nH]2)n1. The molecule has 1 fully saturated rings. The first kappa shape index (κ1) is 26.6. The van der Waals surface area contributed by atoms with E-state index < -0.39 is 5.92 Å². The molecule has 4 heterocycles. The second-order valence-corrected chi connectivity index (χ2v) is 9.83. The number of alkyl halides is 2. The van der Waals surface area contributed by atoms with Gasteiger partial charge in [-0.15, -0.1) is 6.58 Å². The zero-order valence-corrected chi connectivity index (χ0v) is 22.1. The van der Waals surface area contributed by atoms with Gasteiger partial charge >= 0.3 is 0 Å². The molecule has 1 aliphatic heterocycles. The van der Waals surface area contributed by atoms with E-state index in [9.17, 15) is 8.78 Å². The quantitative estimate of drug-likeness (QED) is 0.203. The lowest BCUT2D eigenvalue weighted by Crippen LogP contribution is -2.26. The third kappa shape index (κ3) is 6.46. The lowest BCUT2D eigenvalue weighted by atomic mass is 10.00. The van der Waals surface area contributed by atoms with Crippen LogP contribution in [0.3, 0.4) is 0 Å². The standard InChI is InChI=1S/C30H35F2N5/c1-6-20(3)15-24(16-21(4)18-37-14-12-30(31,32)19-37)25-11-10-22(5)27(35-25)28(33-7-2)26-17-23-9-8-13-34-29(23)36-26/h6,8-11,13,15-17,20H,1,7,12,14,18-19H2,2-5H3,(H,34,36)/b21-16+,24-15+,33-28?/t20-/m0/s1. The molecule has 4 rings (SSSR count). The van der Waals surface area contributed by atoms with Crippen LogP contribution in [0.5, 0.6) is 0 Å². The van der Waals surface area contributed by atoms with Crippen molar-refractivity contribution >= 4 is 22.3 Å². The van der Waals surface area contributed by atoms with Gasteiger partial charge in [-0.05, 0) is 62.1 Å². The number of likely N-dealkylation sites (tertiary alicyclic amines) is 1. The van der Waals surface area contributed by atoms with Gasteiger partial charge in [-0.2, -0.15) is 0 Å². The van der Waals surface area contributed by atoms with E-state index in [0.29, 0.717) is 19.6 Å². The summed E-state index contributed by atoms with van der Waals surface area (Å²) < 4.78 is 27.4.